The fraction of sp³-hybridized carbons (Fsp3) is 0.786. The molecule has 0 rings (SSSR count). The van der Waals surface area contributed by atoms with Crippen molar-refractivity contribution in [1.29, 1.82) is 0 Å². The molecule has 0 unspecified atom stereocenters. The molecular weight excluding hydrogens is 304 g/mol. The minimum Gasteiger partial charge on any atom is -0.460 e. The molecule has 0 saturated heterocycles. The summed E-state index contributed by atoms with van der Waals surface area (Å²) in [6, 6.07) is 2.13. The molecule has 0 aliphatic carbocycles. The predicted molar refractivity (Wildman–Crippen MR) is 89.6 cm³/mol. The fourth-order valence-electron chi connectivity index (χ4n) is 1.65. The highest BCUT2D eigenvalue weighted by atomic mass is 28.4. The quantitative estimate of drug-likeness (QED) is 0.240. The molecule has 1 N–H and O–H groups in total. The van der Waals surface area contributed by atoms with Crippen LogP contribution in [0.2, 0.25) is 25.2 Å². The van der Waals surface area contributed by atoms with Gasteiger partial charge < -0.3 is 18.7 Å². The summed E-state index contributed by atoms with van der Waals surface area (Å²) in [6.45, 7) is 11.2. The second kappa shape index (κ2) is 12.1. The molecule has 0 spiro atoms. The SMILES string of the molecule is C=C(C)C(=O)OCCOCCC[SiH2]O[Si](C)(C)CCCO. The maximum Gasteiger partial charge on any atom is 0.333 e. The number of rotatable bonds is 13. The molecule has 0 aromatic rings. The Bertz CT molecular complexity index is 308. The maximum atomic E-state index is 11.1. The molecule has 0 bridgehead atoms. The van der Waals surface area contributed by atoms with Crippen LogP contribution in [0.1, 0.15) is 19.8 Å². The normalized spacial score (nSPS) is 12.0. The van der Waals surface area contributed by atoms with Crippen LogP contribution < -0.4 is 0 Å². The first-order valence-corrected chi connectivity index (χ1v) is 12.2. The predicted octanol–water partition coefficient (Wildman–Crippen LogP) is 1.62. The van der Waals surface area contributed by atoms with E-state index in [0.717, 1.165) is 24.9 Å². The van der Waals surface area contributed by atoms with Gasteiger partial charge >= 0.3 is 5.97 Å². The van der Waals surface area contributed by atoms with Gasteiger partial charge in [0, 0.05) is 18.8 Å². The lowest BCUT2D eigenvalue weighted by Crippen LogP contribution is -2.32. The topological polar surface area (TPSA) is 65.0 Å². The third kappa shape index (κ3) is 12.9. The van der Waals surface area contributed by atoms with E-state index in [9.17, 15) is 4.79 Å². The molecule has 0 aliphatic rings. The van der Waals surface area contributed by atoms with Crippen LogP contribution in [0.5, 0.6) is 0 Å². The Kier molecular flexibility index (Phi) is 11.8. The molecule has 0 radical (unpaired) electrons. The highest BCUT2D eigenvalue weighted by Gasteiger charge is 2.20. The molecule has 0 aromatic carbocycles. The van der Waals surface area contributed by atoms with Crippen LogP contribution in [0.4, 0.5) is 0 Å². The minimum atomic E-state index is -1.53. The molecule has 0 heterocycles. The van der Waals surface area contributed by atoms with Crippen molar-refractivity contribution in [1.82, 2.24) is 0 Å². The highest BCUT2D eigenvalue weighted by Crippen LogP contribution is 2.13. The fourth-order valence-corrected chi connectivity index (χ4v) is 6.43. The van der Waals surface area contributed by atoms with Crippen LogP contribution in [-0.2, 0) is 18.4 Å². The van der Waals surface area contributed by atoms with Gasteiger partial charge in [-0.05, 0) is 44.9 Å². The van der Waals surface area contributed by atoms with Crippen molar-refractivity contribution in [3.8, 4) is 0 Å². The Hall–Kier alpha value is -0.476. The summed E-state index contributed by atoms with van der Waals surface area (Å²) in [5.74, 6) is -0.366. The number of hydrogen-bond acceptors (Lipinski definition) is 5. The molecule has 0 aromatic heterocycles. The molecule has 21 heavy (non-hydrogen) atoms. The Labute approximate surface area is 131 Å². The molecule has 5 nitrogen and oxygen atoms in total. The van der Waals surface area contributed by atoms with Crippen molar-refractivity contribution in [2.45, 2.75) is 44.9 Å². The summed E-state index contributed by atoms with van der Waals surface area (Å²) in [5.41, 5.74) is 0.408. The first kappa shape index (κ1) is 20.5. The number of carbonyl (C=O) groups excluding carboxylic acids is 1. The van der Waals surface area contributed by atoms with Crippen molar-refractivity contribution in [3.05, 3.63) is 12.2 Å². The van der Waals surface area contributed by atoms with Crippen LogP contribution in [0.25, 0.3) is 0 Å². The molecule has 0 atom stereocenters. The maximum absolute atomic E-state index is 11.1. The van der Waals surface area contributed by atoms with Gasteiger partial charge in [0.15, 0.2) is 8.32 Å². The Morgan fingerprint density at radius 3 is 2.57 bits per heavy atom. The van der Waals surface area contributed by atoms with Crippen molar-refractivity contribution in [3.63, 3.8) is 0 Å². The second-order valence-electron chi connectivity index (χ2n) is 5.67. The summed E-state index contributed by atoms with van der Waals surface area (Å²) in [4.78, 5) is 11.1. The van der Waals surface area contributed by atoms with E-state index < -0.39 is 18.1 Å². The first-order valence-electron chi connectivity index (χ1n) is 7.54. The standard InChI is InChI=1S/C14H30O5Si2/c1-13(2)14(16)18-10-9-17-8-6-11-20-19-21(3,4)12-5-7-15/h15H,1,5-12,20H2,2-4H3. The smallest absolute Gasteiger partial charge is 0.333 e. The molecule has 0 saturated carbocycles. The molecule has 124 valence electrons. The van der Waals surface area contributed by atoms with Gasteiger partial charge in [-0.25, -0.2) is 4.79 Å². The van der Waals surface area contributed by atoms with Gasteiger partial charge in [-0.1, -0.05) is 6.58 Å². The number of esters is 1. The van der Waals surface area contributed by atoms with E-state index in [2.05, 4.69) is 19.7 Å². The average molecular weight is 335 g/mol. The zero-order chi connectivity index (χ0) is 16.1. The number of ether oxygens (including phenoxy) is 2. The van der Waals surface area contributed by atoms with Crippen LogP contribution in [-0.4, -0.2) is 55.6 Å². The zero-order valence-corrected chi connectivity index (χ0v) is 16.1. The number of aliphatic hydroxyl groups excluding tert-OH is 1. The highest BCUT2D eigenvalue weighted by molar-refractivity contribution is 6.75. The van der Waals surface area contributed by atoms with Gasteiger partial charge in [-0.2, -0.15) is 0 Å². The summed E-state index contributed by atoms with van der Waals surface area (Å²) < 4.78 is 16.4. The van der Waals surface area contributed by atoms with E-state index >= 15 is 0 Å². The summed E-state index contributed by atoms with van der Waals surface area (Å²) in [7, 11) is -2.01. The van der Waals surface area contributed by atoms with E-state index in [1.165, 1.54) is 0 Å². The van der Waals surface area contributed by atoms with E-state index in [4.69, 9.17) is 18.7 Å². The van der Waals surface area contributed by atoms with Crippen LogP contribution in [0.15, 0.2) is 12.2 Å². The monoisotopic (exact) mass is 334 g/mol. The third-order valence-corrected chi connectivity index (χ3v) is 9.21. The van der Waals surface area contributed by atoms with Gasteiger partial charge in [0.2, 0.25) is 0 Å². The molecule has 0 aliphatic heterocycles. The molecule has 7 heteroatoms. The summed E-state index contributed by atoms with van der Waals surface area (Å²) >= 11 is 0. The average Bonchev–Trinajstić information content (AvgIpc) is 2.43. The van der Waals surface area contributed by atoms with Crippen LogP contribution >= 0.6 is 0 Å². The number of aliphatic hydroxyl groups is 1. The van der Waals surface area contributed by atoms with E-state index in [-0.39, 0.29) is 19.2 Å². The summed E-state index contributed by atoms with van der Waals surface area (Å²) in [5, 5.41) is 8.83. The largest absolute Gasteiger partial charge is 0.460 e. The van der Waals surface area contributed by atoms with Gasteiger partial charge in [-0.3, -0.25) is 0 Å². The molecule has 0 fully saturated rings. The lowest BCUT2D eigenvalue weighted by molar-refractivity contribution is -0.140. The Morgan fingerprint density at radius 2 is 1.95 bits per heavy atom. The van der Waals surface area contributed by atoms with Gasteiger partial charge in [0.25, 0.3) is 0 Å². The van der Waals surface area contributed by atoms with E-state index in [1.54, 1.807) is 6.92 Å². The van der Waals surface area contributed by atoms with Crippen LogP contribution in [0, 0.1) is 0 Å². The molecule has 0 amide bonds. The van der Waals surface area contributed by atoms with Crippen molar-refractivity contribution < 1.29 is 23.5 Å². The minimum absolute atomic E-state index is 0.255. The van der Waals surface area contributed by atoms with E-state index in [0.29, 0.717) is 18.8 Å². The van der Waals surface area contributed by atoms with Gasteiger partial charge in [0.1, 0.15) is 16.4 Å². The number of carbonyl (C=O) groups is 1. The molecular formula is C14H30O5Si2. The van der Waals surface area contributed by atoms with Crippen molar-refractivity contribution in [2.24, 2.45) is 0 Å². The third-order valence-electron chi connectivity index (χ3n) is 2.92. The second-order valence-corrected chi connectivity index (χ2v) is 12.0. The van der Waals surface area contributed by atoms with Gasteiger partial charge in [-0.15, -0.1) is 0 Å². The lowest BCUT2D eigenvalue weighted by Gasteiger charge is -2.22. The van der Waals surface area contributed by atoms with Crippen LogP contribution in [0.3, 0.4) is 0 Å². The lowest BCUT2D eigenvalue weighted by atomic mass is 10.4. The zero-order valence-electron chi connectivity index (χ0n) is 13.7. The van der Waals surface area contributed by atoms with E-state index in [1.807, 2.05) is 0 Å². The number of hydrogen-bond donors (Lipinski definition) is 1. The Balaban J connectivity index is 3.37. The Morgan fingerprint density at radius 1 is 1.24 bits per heavy atom. The van der Waals surface area contributed by atoms with Crippen molar-refractivity contribution >= 4 is 24.0 Å². The van der Waals surface area contributed by atoms with Crippen molar-refractivity contribution in [2.75, 3.05) is 26.4 Å². The van der Waals surface area contributed by atoms with Gasteiger partial charge in [0.05, 0.1) is 6.61 Å². The summed E-state index contributed by atoms with van der Waals surface area (Å²) in [6.07, 6.45) is 1.84. The first-order chi connectivity index (χ1) is 9.89.